The van der Waals surface area contributed by atoms with E-state index in [4.69, 9.17) is 5.73 Å². The van der Waals surface area contributed by atoms with Crippen molar-refractivity contribution in [3.8, 4) is 6.07 Å². The Bertz CT molecular complexity index is 686. The lowest BCUT2D eigenvalue weighted by atomic mass is 10.1. The molecular formula is C16H15N3O. The lowest BCUT2D eigenvalue weighted by molar-refractivity contribution is 0.0999. The Morgan fingerprint density at radius 3 is 2.70 bits per heavy atom. The molecule has 1 amide bonds. The summed E-state index contributed by atoms with van der Waals surface area (Å²) in [5.74, 6) is -0.452. The van der Waals surface area contributed by atoms with Crippen LogP contribution < -0.4 is 11.1 Å². The molecule has 0 aliphatic rings. The van der Waals surface area contributed by atoms with E-state index >= 15 is 0 Å². The minimum absolute atomic E-state index is 0.442. The third kappa shape index (κ3) is 2.78. The first-order valence-corrected chi connectivity index (χ1v) is 6.24. The molecular weight excluding hydrogens is 250 g/mol. The van der Waals surface area contributed by atoms with Gasteiger partial charge in [-0.1, -0.05) is 30.3 Å². The molecule has 0 radical (unpaired) electrons. The zero-order valence-electron chi connectivity index (χ0n) is 11.2. The molecule has 100 valence electrons. The summed E-state index contributed by atoms with van der Waals surface area (Å²) in [6.45, 7) is 2.33. The van der Waals surface area contributed by atoms with E-state index in [9.17, 15) is 10.1 Å². The second kappa shape index (κ2) is 5.89. The maximum Gasteiger partial charge on any atom is 0.249 e. The van der Waals surface area contributed by atoms with Crippen LogP contribution in [0.3, 0.4) is 0 Å². The van der Waals surface area contributed by atoms with Gasteiger partial charge in [0.05, 0.1) is 11.3 Å². The van der Waals surface area contributed by atoms with E-state index in [1.54, 1.807) is 12.1 Å². The lowest BCUT2D eigenvalue weighted by Crippen LogP contribution is -2.15. The summed E-state index contributed by atoms with van der Waals surface area (Å²) < 4.78 is 0. The molecule has 2 rings (SSSR count). The standard InChI is InChI=1S/C16H15N3O/c1-11-5-4-8-15(14(11)9-17)19-10-12-6-2-3-7-13(12)16(18)20/h2-8,19H,10H2,1H3,(H2,18,20). The molecule has 0 atom stereocenters. The average Bonchev–Trinajstić information content (AvgIpc) is 2.45. The molecule has 0 aliphatic heterocycles. The quantitative estimate of drug-likeness (QED) is 0.891. The van der Waals surface area contributed by atoms with Gasteiger partial charge in [-0.15, -0.1) is 0 Å². The summed E-state index contributed by atoms with van der Waals surface area (Å²) in [6, 6.07) is 15.0. The van der Waals surface area contributed by atoms with Crippen LogP contribution in [0.2, 0.25) is 0 Å². The predicted molar refractivity (Wildman–Crippen MR) is 78.2 cm³/mol. The second-order valence-electron chi connectivity index (χ2n) is 4.48. The number of hydrogen-bond acceptors (Lipinski definition) is 3. The number of anilines is 1. The minimum atomic E-state index is -0.452. The first-order chi connectivity index (χ1) is 9.63. The number of nitriles is 1. The first kappa shape index (κ1) is 13.6. The molecule has 0 fully saturated rings. The Balaban J connectivity index is 2.24. The predicted octanol–water partition coefficient (Wildman–Crippen LogP) is 2.58. The summed E-state index contributed by atoms with van der Waals surface area (Å²) in [5, 5.41) is 12.4. The SMILES string of the molecule is Cc1cccc(NCc2ccccc2C(N)=O)c1C#N. The maximum absolute atomic E-state index is 11.4. The summed E-state index contributed by atoms with van der Waals surface area (Å²) >= 11 is 0. The van der Waals surface area contributed by atoms with Crippen LogP contribution in [-0.2, 0) is 6.54 Å². The van der Waals surface area contributed by atoms with Crippen LogP contribution in [0.15, 0.2) is 42.5 Å². The molecule has 0 spiro atoms. The van der Waals surface area contributed by atoms with Crippen molar-refractivity contribution >= 4 is 11.6 Å². The Kier molecular flexibility index (Phi) is 4.02. The molecule has 0 saturated heterocycles. The van der Waals surface area contributed by atoms with Crippen LogP contribution >= 0.6 is 0 Å². The van der Waals surface area contributed by atoms with Crippen molar-refractivity contribution in [1.29, 1.82) is 5.26 Å². The molecule has 20 heavy (non-hydrogen) atoms. The third-order valence-electron chi connectivity index (χ3n) is 3.14. The van der Waals surface area contributed by atoms with E-state index < -0.39 is 5.91 Å². The van der Waals surface area contributed by atoms with Crippen LogP contribution in [0.25, 0.3) is 0 Å². The number of amides is 1. The summed E-state index contributed by atoms with van der Waals surface area (Å²) in [4.78, 5) is 11.4. The van der Waals surface area contributed by atoms with Gasteiger partial charge in [0.1, 0.15) is 6.07 Å². The van der Waals surface area contributed by atoms with Crippen LogP contribution in [-0.4, -0.2) is 5.91 Å². The molecule has 0 bridgehead atoms. The number of carbonyl (C=O) groups is 1. The molecule has 2 aromatic carbocycles. The number of rotatable bonds is 4. The van der Waals surface area contributed by atoms with Crippen molar-refractivity contribution < 1.29 is 4.79 Å². The number of nitrogens with two attached hydrogens (primary N) is 1. The van der Waals surface area contributed by atoms with Gasteiger partial charge in [-0.2, -0.15) is 5.26 Å². The van der Waals surface area contributed by atoms with Crippen molar-refractivity contribution in [3.63, 3.8) is 0 Å². The molecule has 4 nitrogen and oxygen atoms in total. The molecule has 3 N–H and O–H groups in total. The molecule has 0 heterocycles. The second-order valence-corrected chi connectivity index (χ2v) is 4.48. The van der Waals surface area contributed by atoms with Crippen LogP contribution in [0.1, 0.15) is 27.0 Å². The van der Waals surface area contributed by atoms with Crippen molar-refractivity contribution in [3.05, 3.63) is 64.7 Å². The van der Waals surface area contributed by atoms with Gasteiger partial charge in [0.2, 0.25) is 5.91 Å². The Morgan fingerprint density at radius 1 is 1.25 bits per heavy atom. The number of nitrogens with one attached hydrogen (secondary N) is 1. The fourth-order valence-corrected chi connectivity index (χ4v) is 2.07. The molecule has 0 saturated carbocycles. The van der Waals surface area contributed by atoms with E-state index in [2.05, 4.69) is 11.4 Å². The minimum Gasteiger partial charge on any atom is -0.380 e. The van der Waals surface area contributed by atoms with E-state index in [1.807, 2.05) is 37.3 Å². The van der Waals surface area contributed by atoms with Gasteiger partial charge in [0.15, 0.2) is 0 Å². The molecule has 4 heteroatoms. The number of aryl methyl sites for hydroxylation is 1. The Morgan fingerprint density at radius 2 is 2.00 bits per heavy atom. The number of primary amides is 1. The van der Waals surface area contributed by atoms with Gasteiger partial charge in [-0.3, -0.25) is 4.79 Å². The average molecular weight is 265 g/mol. The highest BCUT2D eigenvalue weighted by atomic mass is 16.1. The van der Waals surface area contributed by atoms with E-state index in [1.165, 1.54) is 0 Å². The summed E-state index contributed by atoms with van der Waals surface area (Å²) in [6.07, 6.45) is 0. The van der Waals surface area contributed by atoms with Gasteiger partial charge in [-0.25, -0.2) is 0 Å². The zero-order valence-corrected chi connectivity index (χ0v) is 11.2. The Labute approximate surface area is 117 Å². The zero-order chi connectivity index (χ0) is 14.5. The fourth-order valence-electron chi connectivity index (χ4n) is 2.07. The molecule has 0 aliphatic carbocycles. The molecule has 0 unspecified atom stereocenters. The van der Waals surface area contributed by atoms with Crippen LogP contribution in [0, 0.1) is 18.3 Å². The largest absolute Gasteiger partial charge is 0.380 e. The first-order valence-electron chi connectivity index (χ1n) is 6.24. The van der Waals surface area contributed by atoms with Gasteiger partial charge in [-0.05, 0) is 30.2 Å². The van der Waals surface area contributed by atoms with Crippen molar-refractivity contribution in [2.24, 2.45) is 5.73 Å². The summed E-state index contributed by atoms with van der Waals surface area (Å²) in [5.41, 5.74) is 8.94. The van der Waals surface area contributed by atoms with Crippen molar-refractivity contribution in [2.75, 3.05) is 5.32 Å². The number of carbonyl (C=O) groups excluding carboxylic acids is 1. The summed E-state index contributed by atoms with van der Waals surface area (Å²) in [7, 11) is 0. The molecule has 0 aromatic heterocycles. The lowest BCUT2D eigenvalue weighted by Gasteiger charge is -2.11. The number of hydrogen-bond donors (Lipinski definition) is 2. The smallest absolute Gasteiger partial charge is 0.249 e. The van der Waals surface area contributed by atoms with Crippen molar-refractivity contribution in [2.45, 2.75) is 13.5 Å². The monoisotopic (exact) mass is 265 g/mol. The normalized spacial score (nSPS) is 9.80. The maximum atomic E-state index is 11.4. The third-order valence-corrected chi connectivity index (χ3v) is 3.14. The van der Waals surface area contributed by atoms with Gasteiger partial charge < -0.3 is 11.1 Å². The van der Waals surface area contributed by atoms with E-state index in [0.29, 0.717) is 17.7 Å². The highest BCUT2D eigenvalue weighted by Crippen LogP contribution is 2.19. The highest BCUT2D eigenvalue weighted by molar-refractivity contribution is 5.94. The topological polar surface area (TPSA) is 78.9 Å². The van der Waals surface area contributed by atoms with Gasteiger partial charge in [0.25, 0.3) is 0 Å². The Hall–Kier alpha value is -2.80. The van der Waals surface area contributed by atoms with Crippen LogP contribution in [0.4, 0.5) is 5.69 Å². The van der Waals surface area contributed by atoms with E-state index in [0.717, 1.165) is 16.8 Å². The number of nitrogens with zero attached hydrogens (tertiary/aromatic N) is 1. The van der Waals surface area contributed by atoms with E-state index in [-0.39, 0.29) is 0 Å². The van der Waals surface area contributed by atoms with Crippen molar-refractivity contribution in [1.82, 2.24) is 0 Å². The van der Waals surface area contributed by atoms with Gasteiger partial charge >= 0.3 is 0 Å². The van der Waals surface area contributed by atoms with Crippen LogP contribution in [0.5, 0.6) is 0 Å². The molecule has 2 aromatic rings. The van der Waals surface area contributed by atoms with Gasteiger partial charge in [0, 0.05) is 12.1 Å². The number of benzene rings is 2. The highest BCUT2D eigenvalue weighted by Gasteiger charge is 2.08. The fraction of sp³-hybridized carbons (Fsp3) is 0.125.